The van der Waals surface area contributed by atoms with Crippen LogP contribution in [0, 0.1) is 10.1 Å². The number of hydrogen-bond acceptors (Lipinski definition) is 5. The molecule has 2 heterocycles. The zero-order valence-electron chi connectivity index (χ0n) is 12.5. The molecule has 2 aliphatic heterocycles. The van der Waals surface area contributed by atoms with Crippen molar-refractivity contribution in [2.24, 2.45) is 0 Å². The van der Waals surface area contributed by atoms with Crippen LogP contribution >= 0.6 is 11.6 Å². The van der Waals surface area contributed by atoms with Gasteiger partial charge in [-0.2, -0.15) is 0 Å². The number of rotatable bonds is 4. The topological polar surface area (TPSA) is 61.7 Å². The van der Waals surface area contributed by atoms with Crippen LogP contribution in [0.4, 0.5) is 5.69 Å². The van der Waals surface area contributed by atoms with Gasteiger partial charge in [-0.1, -0.05) is 11.6 Å². The Morgan fingerprint density at radius 3 is 2.77 bits per heavy atom. The van der Waals surface area contributed by atoms with Crippen LogP contribution in [0.1, 0.15) is 12.0 Å². The average molecular weight is 325 g/mol. The molecule has 0 amide bonds. The Labute approximate surface area is 135 Å². The van der Waals surface area contributed by atoms with Crippen LogP contribution in [-0.2, 0) is 6.54 Å². The summed E-state index contributed by atoms with van der Waals surface area (Å²) in [6, 6.07) is 5.38. The molecule has 0 aromatic heterocycles. The molecule has 0 bridgehead atoms. The lowest BCUT2D eigenvalue weighted by Crippen LogP contribution is -2.49. The molecule has 6 nitrogen and oxygen atoms in total. The highest BCUT2D eigenvalue weighted by atomic mass is 35.5. The summed E-state index contributed by atoms with van der Waals surface area (Å²) < 4.78 is 0. The molecule has 2 aliphatic rings. The van der Waals surface area contributed by atoms with Crippen molar-refractivity contribution in [3.05, 3.63) is 38.9 Å². The van der Waals surface area contributed by atoms with E-state index in [0.717, 1.165) is 51.4 Å². The summed E-state index contributed by atoms with van der Waals surface area (Å²) in [6.07, 6.45) is 1.19. The number of nitrogens with one attached hydrogen (secondary N) is 1. The second kappa shape index (κ2) is 6.91. The molecule has 0 spiro atoms. The lowest BCUT2D eigenvalue weighted by atomic mass is 10.2. The molecule has 1 unspecified atom stereocenters. The van der Waals surface area contributed by atoms with Crippen molar-refractivity contribution in [1.29, 1.82) is 0 Å². The van der Waals surface area contributed by atoms with Gasteiger partial charge in [0.25, 0.3) is 5.69 Å². The van der Waals surface area contributed by atoms with Gasteiger partial charge >= 0.3 is 0 Å². The second-order valence-corrected chi connectivity index (χ2v) is 6.40. The molecular weight excluding hydrogens is 304 g/mol. The van der Waals surface area contributed by atoms with E-state index in [0.29, 0.717) is 11.1 Å². The van der Waals surface area contributed by atoms with E-state index in [4.69, 9.17) is 11.6 Å². The lowest BCUT2D eigenvalue weighted by molar-refractivity contribution is -0.384. The van der Waals surface area contributed by atoms with Crippen molar-refractivity contribution in [1.82, 2.24) is 15.1 Å². The van der Waals surface area contributed by atoms with E-state index in [-0.39, 0.29) is 5.69 Å². The van der Waals surface area contributed by atoms with E-state index < -0.39 is 4.92 Å². The SMILES string of the molecule is O=[N+]([O-])c1ccc(CN2CCC(N3CCNCC3)C2)c(Cl)c1. The van der Waals surface area contributed by atoms with Gasteiger partial charge in [0, 0.05) is 64.0 Å². The third-order valence-electron chi connectivity index (χ3n) is 4.56. The molecule has 1 aromatic rings. The molecular formula is C15H21ClN4O2. The quantitative estimate of drug-likeness (QED) is 0.675. The first-order valence-electron chi connectivity index (χ1n) is 7.73. The highest BCUT2D eigenvalue weighted by Gasteiger charge is 2.28. The molecule has 3 rings (SSSR count). The van der Waals surface area contributed by atoms with Gasteiger partial charge < -0.3 is 5.32 Å². The monoisotopic (exact) mass is 324 g/mol. The number of nitro groups is 1. The van der Waals surface area contributed by atoms with Crippen molar-refractivity contribution >= 4 is 17.3 Å². The molecule has 1 N–H and O–H groups in total. The molecule has 120 valence electrons. The fourth-order valence-corrected chi connectivity index (χ4v) is 3.55. The van der Waals surface area contributed by atoms with Gasteiger partial charge in [-0.15, -0.1) is 0 Å². The molecule has 0 radical (unpaired) electrons. The summed E-state index contributed by atoms with van der Waals surface area (Å²) in [7, 11) is 0. The predicted molar refractivity (Wildman–Crippen MR) is 86.2 cm³/mol. The maximum Gasteiger partial charge on any atom is 0.270 e. The van der Waals surface area contributed by atoms with Crippen molar-refractivity contribution in [2.75, 3.05) is 39.3 Å². The Morgan fingerprint density at radius 2 is 2.09 bits per heavy atom. The first kappa shape index (κ1) is 15.7. The minimum atomic E-state index is -0.411. The number of non-ortho nitro benzene ring substituents is 1. The lowest BCUT2D eigenvalue weighted by Gasteiger charge is -2.32. The number of piperazine rings is 1. The molecule has 7 heteroatoms. The minimum Gasteiger partial charge on any atom is -0.314 e. The van der Waals surface area contributed by atoms with Crippen molar-refractivity contribution in [2.45, 2.75) is 19.0 Å². The van der Waals surface area contributed by atoms with E-state index in [2.05, 4.69) is 15.1 Å². The maximum atomic E-state index is 10.8. The van der Waals surface area contributed by atoms with E-state index in [1.54, 1.807) is 6.07 Å². The Morgan fingerprint density at radius 1 is 1.32 bits per heavy atom. The summed E-state index contributed by atoms with van der Waals surface area (Å²) in [4.78, 5) is 15.3. The van der Waals surface area contributed by atoms with Gasteiger partial charge in [-0.3, -0.25) is 19.9 Å². The van der Waals surface area contributed by atoms with Crippen LogP contribution < -0.4 is 5.32 Å². The van der Waals surface area contributed by atoms with E-state index >= 15 is 0 Å². The van der Waals surface area contributed by atoms with Gasteiger partial charge in [0.1, 0.15) is 0 Å². The number of benzene rings is 1. The van der Waals surface area contributed by atoms with Crippen LogP contribution in [0.15, 0.2) is 18.2 Å². The van der Waals surface area contributed by atoms with Gasteiger partial charge in [0.2, 0.25) is 0 Å². The zero-order valence-corrected chi connectivity index (χ0v) is 13.3. The molecule has 2 saturated heterocycles. The predicted octanol–water partition coefficient (Wildman–Crippen LogP) is 1.73. The number of likely N-dealkylation sites (tertiary alicyclic amines) is 1. The fraction of sp³-hybridized carbons (Fsp3) is 0.600. The number of nitrogens with zero attached hydrogens (tertiary/aromatic N) is 3. The summed E-state index contributed by atoms with van der Waals surface area (Å²) in [5.74, 6) is 0. The van der Waals surface area contributed by atoms with Gasteiger partial charge in [-0.25, -0.2) is 0 Å². The molecule has 2 fully saturated rings. The molecule has 0 aliphatic carbocycles. The van der Waals surface area contributed by atoms with Gasteiger partial charge in [0.05, 0.1) is 9.95 Å². The van der Waals surface area contributed by atoms with E-state index in [1.165, 1.54) is 18.6 Å². The smallest absolute Gasteiger partial charge is 0.270 e. The van der Waals surface area contributed by atoms with Crippen molar-refractivity contribution in [3.8, 4) is 0 Å². The zero-order chi connectivity index (χ0) is 15.5. The van der Waals surface area contributed by atoms with Crippen molar-refractivity contribution < 1.29 is 4.92 Å². The Balaban J connectivity index is 1.59. The third kappa shape index (κ3) is 3.57. The highest BCUT2D eigenvalue weighted by molar-refractivity contribution is 6.31. The highest BCUT2D eigenvalue weighted by Crippen LogP contribution is 2.25. The summed E-state index contributed by atoms with van der Waals surface area (Å²) >= 11 is 6.19. The molecule has 1 atom stereocenters. The average Bonchev–Trinajstić information content (AvgIpc) is 2.98. The number of halogens is 1. The number of hydrogen-bond donors (Lipinski definition) is 1. The Bertz CT molecular complexity index is 548. The molecule has 0 saturated carbocycles. The molecule has 22 heavy (non-hydrogen) atoms. The summed E-state index contributed by atoms with van der Waals surface area (Å²) in [5.41, 5.74) is 1.02. The maximum absolute atomic E-state index is 10.8. The third-order valence-corrected chi connectivity index (χ3v) is 4.91. The van der Waals surface area contributed by atoms with Crippen LogP contribution in [0.25, 0.3) is 0 Å². The van der Waals surface area contributed by atoms with Gasteiger partial charge in [0.15, 0.2) is 0 Å². The Hall–Kier alpha value is -1.21. The fourth-order valence-electron chi connectivity index (χ4n) is 3.32. The Kier molecular flexibility index (Phi) is 4.93. The summed E-state index contributed by atoms with van der Waals surface area (Å²) in [5, 5.41) is 14.6. The van der Waals surface area contributed by atoms with Crippen molar-refractivity contribution in [3.63, 3.8) is 0 Å². The minimum absolute atomic E-state index is 0.0499. The normalized spacial score (nSPS) is 23.8. The van der Waals surface area contributed by atoms with Gasteiger partial charge in [-0.05, 0) is 18.1 Å². The number of nitro benzene ring substituents is 1. The molecule has 1 aromatic carbocycles. The van der Waals surface area contributed by atoms with Crippen LogP contribution in [0.2, 0.25) is 5.02 Å². The standard InChI is InChI=1S/C15H21ClN4O2/c16-15-9-13(20(21)22)2-1-12(15)10-18-6-3-14(11-18)19-7-4-17-5-8-19/h1-2,9,14,17H,3-8,10-11H2. The van der Waals surface area contributed by atoms with E-state index in [1.807, 2.05) is 0 Å². The largest absolute Gasteiger partial charge is 0.314 e. The van der Waals surface area contributed by atoms with Crippen LogP contribution in [0.3, 0.4) is 0 Å². The van der Waals surface area contributed by atoms with E-state index in [9.17, 15) is 10.1 Å². The second-order valence-electron chi connectivity index (χ2n) is 6.00. The first-order valence-corrected chi connectivity index (χ1v) is 8.11. The van der Waals surface area contributed by atoms with Crippen LogP contribution in [0.5, 0.6) is 0 Å². The summed E-state index contributed by atoms with van der Waals surface area (Å²) in [6.45, 7) is 7.26. The van der Waals surface area contributed by atoms with Crippen LogP contribution in [-0.4, -0.2) is 60.0 Å². The first-order chi connectivity index (χ1) is 10.6.